The highest BCUT2D eigenvalue weighted by molar-refractivity contribution is 5.96. The van der Waals surface area contributed by atoms with Gasteiger partial charge in [0.05, 0.1) is 12.6 Å². The summed E-state index contributed by atoms with van der Waals surface area (Å²) in [6, 6.07) is 6.19. The van der Waals surface area contributed by atoms with Crippen LogP contribution >= 0.6 is 12.4 Å². The molecule has 1 rings (SSSR count). The lowest BCUT2D eigenvalue weighted by atomic mass is 10.1. The van der Waals surface area contributed by atoms with Crippen molar-refractivity contribution in [2.24, 2.45) is 11.7 Å². The van der Waals surface area contributed by atoms with Crippen LogP contribution in [0.4, 0.5) is 11.4 Å². The highest BCUT2D eigenvalue weighted by Crippen LogP contribution is 2.15. The quantitative estimate of drug-likeness (QED) is 0.559. The van der Waals surface area contributed by atoms with E-state index in [9.17, 15) is 14.4 Å². The Hall–Kier alpha value is -2.12. The molecule has 0 saturated carbocycles. The number of anilines is 2. The van der Waals surface area contributed by atoms with Gasteiger partial charge in [0.1, 0.15) is 0 Å². The van der Waals surface area contributed by atoms with E-state index in [-0.39, 0.29) is 42.6 Å². The summed E-state index contributed by atoms with van der Waals surface area (Å²) in [5.41, 5.74) is 6.85. The second-order valence-corrected chi connectivity index (χ2v) is 5.91. The Morgan fingerprint density at radius 1 is 1.08 bits per heavy atom. The minimum absolute atomic E-state index is 0. The standard InChI is InChI=1S/C17H26N4O3.ClH/c1-4-6-14(22)20-12-7-5-8-13(9-12)21-15(23)10-19-17(24)16(18)11(2)3;/h5,7-9,11,16H,4,6,10,18H2,1-3H3,(H,19,24)(H,20,22)(H,21,23);1H/t16-;/m0./s1. The summed E-state index contributed by atoms with van der Waals surface area (Å²) in [7, 11) is 0. The molecule has 0 aliphatic carbocycles. The molecule has 7 nitrogen and oxygen atoms in total. The summed E-state index contributed by atoms with van der Waals surface area (Å²) in [5.74, 6) is -0.801. The minimum atomic E-state index is -0.644. The molecule has 1 aromatic rings. The second-order valence-electron chi connectivity index (χ2n) is 5.91. The first-order valence-electron chi connectivity index (χ1n) is 8.06. The number of rotatable bonds is 8. The van der Waals surface area contributed by atoms with E-state index in [1.54, 1.807) is 24.3 Å². The third-order valence-corrected chi connectivity index (χ3v) is 3.35. The molecule has 140 valence electrons. The Labute approximate surface area is 154 Å². The zero-order valence-corrected chi connectivity index (χ0v) is 15.6. The molecule has 0 fully saturated rings. The fourth-order valence-corrected chi connectivity index (χ4v) is 1.92. The molecule has 8 heteroatoms. The minimum Gasteiger partial charge on any atom is -0.346 e. The number of carbonyl (C=O) groups excluding carboxylic acids is 3. The van der Waals surface area contributed by atoms with Gasteiger partial charge < -0.3 is 21.7 Å². The highest BCUT2D eigenvalue weighted by atomic mass is 35.5. The number of nitrogens with two attached hydrogens (primary N) is 1. The van der Waals surface area contributed by atoms with Gasteiger partial charge in [0.2, 0.25) is 17.7 Å². The molecule has 0 saturated heterocycles. The van der Waals surface area contributed by atoms with E-state index in [0.717, 1.165) is 6.42 Å². The Morgan fingerprint density at radius 2 is 1.64 bits per heavy atom. The molecular weight excluding hydrogens is 344 g/mol. The van der Waals surface area contributed by atoms with Crippen LogP contribution < -0.4 is 21.7 Å². The van der Waals surface area contributed by atoms with E-state index in [4.69, 9.17) is 5.73 Å². The average molecular weight is 371 g/mol. The van der Waals surface area contributed by atoms with Gasteiger partial charge in [-0.1, -0.05) is 26.8 Å². The van der Waals surface area contributed by atoms with Crippen LogP contribution in [0.3, 0.4) is 0 Å². The topological polar surface area (TPSA) is 113 Å². The molecule has 1 aromatic carbocycles. The van der Waals surface area contributed by atoms with Gasteiger partial charge in [-0.05, 0) is 30.5 Å². The van der Waals surface area contributed by atoms with Crippen molar-refractivity contribution < 1.29 is 14.4 Å². The largest absolute Gasteiger partial charge is 0.346 e. The molecule has 0 bridgehead atoms. The van der Waals surface area contributed by atoms with Crippen molar-refractivity contribution in [3.05, 3.63) is 24.3 Å². The zero-order chi connectivity index (χ0) is 18.1. The number of hydrogen-bond donors (Lipinski definition) is 4. The van der Waals surface area contributed by atoms with Crippen LogP contribution in [0.2, 0.25) is 0 Å². The van der Waals surface area contributed by atoms with Crippen LogP contribution in [-0.4, -0.2) is 30.3 Å². The summed E-state index contributed by atoms with van der Waals surface area (Å²) in [5, 5.41) is 7.92. The predicted molar refractivity (Wildman–Crippen MR) is 102 cm³/mol. The van der Waals surface area contributed by atoms with Gasteiger partial charge in [-0.15, -0.1) is 12.4 Å². The first-order chi connectivity index (χ1) is 11.3. The van der Waals surface area contributed by atoms with Gasteiger partial charge in [0, 0.05) is 17.8 Å². The number of hydrogen-bond acceptors (Lipinski definition) is 4. The number of benzene rings is 1. The van der Waals surface area contributed by atoms with Gasteiger partial charge in [-0.3, -0.25) is 14.4 Å². The molecule has 0 heterocycles. The van der Waals surface area contributed by atoms with E-state index >= 15 is 0 Å². The van der Waals surface area contributed by atoms with Gasteiger partial charge in [-0.2, -0.15) is 0 Å². The summed E-state index contributed by atoms with van der Waals surface area (Å²) < 4.78 is 0. The molecule has 3 amide bonds. The Balaban J connectivity index is 0.00000576. The van der Waals surface area contributed by atoms with E-state index < -0.39 is 6.04 Å². The van der Waals surface area contributed by atoms with Crippen molar-refractivity contribution in [2.75, 3.05) is 17.2 Å². The Morgan fingerprint density at radius 3 is 2.16 bits per heavy atom. The van der Waals surface area contributed by atoms with E-state index in [0.29, 0.717) is 17.8 Å². The number of nitrogens with one attached hydrogen (secondary N) is 3. The van der Waals surface area contributed by atoms with Crippen molar-refractivity contribution in [3.8, 4) is 0 Å². The van der Waals surface area contributed by atoms with E-state index in [1.807, 2.05) is 20.8 Å². The SMILES string of the molecule is CCCC(=O)Nc1cccc(NC(=O)CNC(=O)[C@@H](N)C(C)C)c1.Cl. The average Bonchev–Trinajstić information content (AvgIpc) is 2.52. The van der Waals surface area contributed by atoms with Crippen molar-refractivity contribution in [1.82, 2.24) is 5.32 Å². The highest BCUT2D eigenvalue weighted by Gasteiger charge is 2.17. The van der Waals surface area contributed by atoms with Crippen molar-refractivity contribution in [3.63, 3.8) is 0 Å². The van der Waals surface area contributed by atoms with Crippen LogP contribution in [0.1, 0.15) is 33.6 Å². The molecule has 0 spiro atoms. The summed E-state index contributed by atoms with van der Waals surface area (Å²) >= 11 is 0. The predicted octanol–water partition coefficient (Wildman–Crippen LogP) is 1.88. The summed E-state index contributed by atoms with van der Waals surface area (Å²) in [6.07, 6.45) is 1.21. The lowest BCUT2D eigenvalue weighted by molar-refractivity contribution is -0.125. The second kappa shape index (κ2) is 11.4. The molecule has 0 aliphatic rings. The smallest absolute Gasteiger partial charge is 0.243 e. The summed E-state index contributed by atoms with van der Waals surface area (Å²) in [4.78, 5) is 35.2. The number of halogens is 1. The van der Waals surface area contributed by atoms with Crippen LogP contribution in [0, 0.1) is 5.92 Å². The molecule has 1 atom stereocenters. The van der Waals surface area contributed by atoms with Gasteiger partial charge >= 0.3 is 0 Å². The summed E-state index contributed by atoms with van der Waals surface area (Å²) in [6.45, 7) is 5.44. The van der Waals surface area contributed by atoms with Gasteiger partial charge in [0.15, 0.2) is 0 Å². The maximum absolute atomic E-state index is 11.9. The Bertz CT molecular complexity index is 593. The molecule has 0 radical (unpaired) electrons. The lowest BCUT2D eigenvalue weighted by Crippen LogP contribution is -2.46. The molecule has 0 aliphatic heterocycles. The number of amides is 3. The van der Waals surface area contributed by atoms with Crippen molar-refractivity contribution in [2.45, 2.75) is 39.7 Å². The van der Waals surface area contributed by atoms with Crippen LogP contribution in [0.5, 0.6) is 0 Å². The third kappa shape index (κ3) is 8.51. The monoisotopic (exact) mass is 370 g/mol. The maximum atomic E-state index is 11.9. The number of carbonyl (C=O) groups is 3. The first kappa shape index (κ1) is 22.9. The van der Waals surface area contributed by atoms with Crippen molar-refractivity contribution in [1.29, 1.82) is 0 Å². The van der Waals surface area contributed by atoms with Crippen LogP contribution in [-0.2, 0) is 14.4 Å². The van der Waals surface area contributed by atoms with E-state index in [2.05, 4.69) is 16.0 Å². The molecule has 25 heavy (non-hydrogen) atoms. The Kier molecular flexibility index (Phi) is 10.5. The van der Waals surface area contributed by atoms with Crippen LogP contribution in [0.15, 0.2) is 24.3 Å². The van der Waals surface area contributed by atoms with Crippen LogP contribution in [0.25, 0.3) is 0 Å². The van der Waals surface area contributed by atoms with Gasteiger partial charge in [-0.25, -0.2) is 0 Å². The molecular formula is C17H27ClN4O3. The maximum Gasteiger partial charge on any atom is 0.243 e. The fraction of sp³-hybridized carbons (Fsp3) is 0.471. The third-order valence-electron chi connectivity index (χ3n) is 3.35. The normalized spacial score (nSPS) is 11.2. The zero-order valence-electron chi connectivity index (χ0n) is 14.8. The lowest BCUT2D eigenvalue weighted by Gasteiger charge is -2.15. The van der Waals surface area contributed by atoms with Gasteiger partial charge in [0.25, 0.3) is 0 Å². The molecule has 5 N–H and O–H groups in total. The fourth-order valence-electron chi connectivity index (χ4n) is 1.92. The first-order valence-corrected chi connectivity index (χ1v) is 8.06. The van der Waals surface area contributed by atoms with E-state index in [1.165, 1.54) is 0 Å². The van der Waals surface area contributed by atoms with Crippen molar-refractivity contribution >= 4 is 41.5 Å². The molecule has 0 aromatic heterocycles. The molecule has 0 unspecified atom stereocenters.